The average Bonchev–Trinajstić information content (AvgIpc) is 2.81. The lowest BCUT2D eigenvalue weighted by Gasteiger charge is -2.21. The van der Waals surface area contributed by atoms with Crippen LogP contribution in [0.3, 0.4) is 0 Å². The lowest BCUT2D eigenvalue weighted by atomic mass is 9.99. The van der Waals surface area contributed by atoms with E-state index in [1.54, 1.807) is 0 Å². The minimum absolute atomic E-state index is 0.0272. The highest BCUT2D eigenvalue weighted by Crippen LogP contribution is 2.35. The lowest BCUT2D eigenvalue weighted by molar-refractivity contribution is -0.120. The fourth-order valence-corrected chi connectivity index (χ4v) is 1.53. The minimum atomic E-state index is -0.0272. The van der Waals surface area contributed by atoms with Gasteiger partial charge in [-0.25, -0.2) is 0 Å². The zero-order valence-electron chi connectivity index (χ0n) is 7.84. The maximum atomic E-state index is 11.0. The second-order valence-electron chi connectivity index (χ2n) is 3.88. The molecule has 1 amide bonds. The first kappa shape index (κ1) is 9.52. The number of carbonyl (C=O) groups excluding carboxylic acids is 1. The van der Waals surface area contributed by atoms with Crippen LogP contribution in [0.1, 0.15) is 26.7 Å². The van der Waals surface area contributed by atoms with Gasteiger partial charge in [-0.3, -0.25) is 4.79 Å². The van der Waals surface area contributed by atoms with Crippen LogP contribution in [-0.2, 0) is 4.79 Å². The topological polar surface area (TPSA) is 55.1 Å². The number of nitrogens with two attached hydrogens (primary N) is 1. The van der Waals surface area contributed by atoms with E-state index in [1.807, 2.05) is 0 Å². The van der Waals surface area contributed by atoms with E-state index >= 15 is 0 Å². The first-order chi connectivity index (χ1) is 5.65. The Labute approximate surface area is 73.7 Å². The van der Waals surface area contributed by atoms with E-state index < -0.39 is 0 Å². The van der Waals surface area contributed by atoms with Crippen molar-refractivity contribution in [3.8, 4) is 0 Å². The molecule has 1 unspecified atom stereocenters. The Morgan fingerprint density at radius 3 is 2.50 bits per heavy atom. The highest BCUT2D eigenvalue weighted by molar-refractivity contribution is 5.78. The summed E-state index contributed by atoms with van der Waals surface area (Å²) >= 11 is 0. The van der Waals surface area contributed by atoms with Crippen LogP contribution in [0.25, 0.3) is 0 Å². The Morgan fingerprint density at radius 2 is 2.17 bits per heavy atom. The fourth-order valence-electron chi connectivity index (χ4n) is 1.53. The summed E-state index contributed by atoms with van der Waals surface area (Å²) in [5, 5.41) is 2.96. The van der Waals surface area contributed by atoms with Crippen molar-refractivity contribution in [2.24, 2.45) is 17.6 Å². The molecule has 70 valence electrons. The first-order valence-corrected chi connectivity index (χ1v) is 4.64. The third-order valence-corrected chi connectivity index (χ3v) is 2.36. The van der Waals surface area contributed by atoms with Crippen LogP contribution in [0.5, 0.6) is 0 Å². The monoisotopic (exact) mass is 170 g/mol. The molecular formula is C9H18N2O. The van der Waals surface area contributed by atoms with E-state index in [0.717, 1.165) is 0 Å². The van der Waals surface area contributed by atoms with Gasteiger partial charge >= 0.3 is 0 Å². The molecule has 1 rings (SSSR count). The molecule has 1 saturated carbocycles. The number of amides is 1. The van der Waals surface area contributed by atoms with Gasteiger partial charge < -0.3 is 11.1 Å². The highest BCUT2D eigenvalue weighted by Gasteiger charge is 2.33. The van der Waals surface area contributed by atoms with E-state index in [1.165, 1.54) is 12.8 Å². The predicted octanol–water partition coefficient (Wildman–Crippen LogP) is 0.496. The zero-order valence-corrected chi connectivity index (χ0v) is 7.84. The van der Waals surface area contributed by atoms with Crippen molar-refractivity contribution in [1.29, 1.82) is 0 Å². The van der Waals surface area contributed by atoms with Gasteiger partial charge in [0.15, 0.2) is 0 Å². The molecule has 1 aliphatic carbocycles. The van der Waals surface area contributed by atoms with Crippen molar-refractivity contribution in [2.75, 3.05) is 6.54 Å². The van der Waals surface area contributed by atoms with Gasteiger partial charge in [0.05, 0.1) is 6.54 Å². The molecule has 3 heteroatoms. The molecule has 1 aliphatic rings. The largest absolute Gasteiger partial charge is 0.352 e. The smallest absolute Gasteiger partial charge is 0.233 e. The molecule has 12 heavy (non-hydrogen) atoms. The summed E-state index contributed by atoms with van der Waals surface area (Å²) in [4.78, 5) is 11.0. The summed E-state index contributed by atoms with van der Waals surface area (Å²) in [5.74, 6) is 1.20. The Bertz CT molecular complexity index is 162. The SMILES string of the molecule is CC(C)C(NC(=O)CN)C1CC1. The van der Waals surface area contributed by atoms with Crippen molar-refractivity contribution < 1.29 is 4.79 Å². The van der Waals surface area contributed by atoms with Crippen LogP contribution in [-0.4, -0.2) is 18.5 Å². The number of hydrogen-bond donors (Lipinski definition) is 2. The summed E-state index contributed by atoms with van der Waals surface area (Å²) in [6.07, 6.45) is 2.52. The Balaban J connectivity index is 2.37. The maximum Gasteiger partial charge on any atom is 0.233 e. The third kappa shape index (κ3) is 2.48. The van der Waals surface area contributed by atoms with Gasteiger partial charge in [-0.05, 0) is 24.7 Å². The number of rotatable bonds is 4. The average molecular weight is 170 g/mol. The Hall–Kier alpha value is -0.570. The minimum Gasteiger partial charge on any atom is -0.352 e. The second kappa shape index (κ2) is 3.90. The molecular weight excluding hydrogens is 152 g/mol. The first-order valence-electron chi connectivity index (χ1n) is 4.64. The van der Waals surface area contributed by atoms with Crippen LogP contribution in [0, 0.1) is 11.8 Å². The van der Waals surface area contributed by atoms with Gasteiger partial charge in [-0.1, -0.05) is 13.8 Å². The van der Waals surface area contributed by atoms with Gasteiger partial charge in [0.2, 0.25) is 5.91 Å². The van der Waals surface area contributed by atoms with Crippen LogP contribution in [0.15, 0.2) is 0 Å². The zero-order chi connectivity index (χ0) is 9.14. The Kier molecular flexibility index (Phi) is 3.09. The molecule has 0 saturated heterocycles. The molecule has 0 aromatic rings. The number of hydrogen-bond acceptors (Lipinski definition) is 2. The summed E-state index contributed by atoms with van der Waals surface area (Å²) in [6.45, 7) is 4.38. The maximum absolute atomic E-state index is 11.0. The molecule has 3 nitrogen and oxygen atoms in total. The standard InChI is InChI=1S/C9H18N2O/c1-6(2)9(7-3-4-7)11-8(12)5-10/h6-7,9H,3-5,10H2,1-2H3,(H,11,12). The van der Waals surface area contributed by atoms with Crippen molar-refractivity contribution in [2.45, 2.75) is 32.7 Å². The molecule has 0 heterocycles. The van der Waals surface area contributed by atoms with Crippen LogP contribution in [0.2, 0.25) is 0 Å². The van der Waals surface area contributed by atoms with E-state index in [4.69, 9.17) is 5.73 Å². The van der Waals surface area contributed by atoms with Gasteiger partial charge in [-0.2, -0.15) is 0 Å². The predicted molar refractivity (Wildman–Crippen MR) is 48.5 cm³/mol. The molecule has 3 N–H and O–H groups in total. The van der Waals surface area contributed by atoms with Gasteiger partial charge in [0.25, 0.3) is 0 Å². The van der Waals surface area contributed by atoms with Gasteiger partial charge in [0, 0.05) is 6.04 Å². The van der Waals surface area contributed by atoms with Crippen molar-refractivity contribution in [1.82, 2.24) is 5.32 Å². The van der Waals surface area contributed by atoms with E-state index in [-0.39, 0.29) is 12.5 Å². The van der Waals surface area contributed by atoms with Crippen molar-refractivity contribution in [3.63, 3.8) is 0 Å². The van der Waals surface area contributed by atoms with Crippen LogP contribution >= 0.6 is 0 Å². The molecule has 1 atom stereocenters. The highest BCUT2D eigenvalue weighted by atomic mass is 16.1. The quantitative estimate of drug-likeness (QED) is 0.645. The number of carbonyl (C=O) groups is 1. The van der Waals surface area contributed by atoms with Gasteiger partial charge in [0.1, 0.15) is 0 Å². The Morgan fingerprint density at radius 1 is 1.58 bits per heavy atom. The van der Waals surface area contributed by atoms with Gasteiger partial charge in [-0.15, -0.1) is 0 Å². The van der Waals surface area contributed by atoms with Crippen LogP contribution < -0.4 is 11.1 Å². The molecule has 0 radical (unpaired) electrons. The second-order valence-corrected chi connectivity index (χ2v) is 3.88. The third-order valence-electron chi connectivity index (χ3n) is 2.36. The summed E-state index contributed by atoms with van der Waals surface area (Å²) < 4.78 is 0. The molecule has 0 aliphatic heterocycles. The normalized spacial score (nSPS) is 19.3. The molecule has 0 spiro atoms. The summed E-state index contributed by atoms with van der Waals surface area (Å²) in [6, 6.07) is 0.348. The van der Waals surface area contributed by atoms with Crippen LogP contribution in [0.4, 0.5) is 0 Å². The lowest BCUT2D eigenvalue weighted by Crippen LogP contribution is -2.43. The fraction of sp³-hybridized carbons (Fsp3) is 0.889. The summed E-state index contributed by atoms with van der Waals surface area (Å²) in [5.41, 5.74) is 5.23. The van der Waals surface area contributed by atoms with Crippen molar-refractivity contribution >= 4 is 5.91 Å². The molecule has 0 bridgehead atoms. The molecule has 1 fully saturated rings. The number of nitrogens with one attached hydrogen (secondary N) is 1. The molecule has 0 aromatic carbocycles. The van der Waals surface area contributed by atoms with Crippen molar-refractivity contribution in [3.05, 3.63) is 0 Å². The summed E-state index contributed by atoms with van der Waals surface area (Å²) in [7, 11) is 0. The van der Waals surface area contributed by atoms with E-state index in [2.05, 4.69) is 19.2 Å². The molecule has 0 aromatic heterocycles. The van der Waals surface area contributed by atoms with E-state index in [9.17, 15) is 4.79 Å². The van der Waals surface area contributed by atoms with E-state index in [0.29, 0.717) is 17.9 Å².